The number of nitrogens with zero attached hydrogens (tertiary/aromatic N) is 3. The van der Waals surface area contributed by atoms with Crippen LogP contribution >= 0.6 is 0 Å². The number of carbonyl (C=O) groups excluding carboxylic acids is 1. The molecule has 5 rings (SSSR count). The van der Waals surface area contributed by atoms with Gasteiger partial charge in [0.2, 0.25) is 0 Å². The molecule has 0 saturated heterocycles. The van der Waals surface area contributed by atoms with Crippen molar-refractivity contribution in [3.8, 4) is 11.1 Å². The summed E-state index contributed by atoms with van der Waals surface area (Å²) in [6.07, 6.45) is 5.02. The Morgan fingerprint density at radius 1 is 1.03 bits per heavy atom. The zero-order valence-electron chi connectivity index (χ0n) is 17.5. The molecule has 0 amide bonds. The molecule has 6 nitrogen and oxygen atoms in total. The zero-order valence-corrected chi connectivity index (χ0v) is 17.5. The van der Waals surface area contributed by atoms with Gasteiger partial charge in [0, 0.05) is 29.0 Å². The molecule has 0 aliphatic rings. The highest BCUT2D eigenvalue weighted by Crippen LogP contribution is 2.26. The van der Waals surface area contributed by atoms with E-state index in [4.69, 9.17) is 0 Å². The Balaban J connectivity index is 1.49. The first-order valence-electron chi connectivity index (χ1n) is 10.2. The molecule has 164 valence electrons. The number of esters is 1. The number of carbonyl (C=O) groups is 1. The normalized spacial score (nSPS) is 11.1. The molecule has 0 aliphatic heterocycles. The molecule has 0 atom stereocenters. The fraction of sp³-hybridized carbons (Fsp3) is 0.0800. The molecule has 0 unspecified atom stereocenters. The molecule has 2 aromatic carbocycles. The van der Waals surface area contributed by atoms with Crippen molar-refractivity contribution in [1.82, 2.24) is 14.4 Å². The lowest BCUT2D eigenvalue weighted by Gasteiger charge is -2.11. The van der Waals surface area contributed by atoms with Crippen LogP contribution in [0.3, 0.4) is 0 Å². The van der Waals surface area contributed by atoms with Gasteiger partial charge in [0.1, 0.15) is 5.82 Å². The van der Waals surface area contributed by atoms with E-state index in [1.54, 1.807) is 29.1 Å². The topological polar surface area (TPSA) is 68.5 Å². The number of methoxy groups -OCH3 is 1. The third kappa shape index (κ3) is 3.76. The van der Waals surface area contributed by atoms with Gasteiger partial charge in [-0.25, -0.2) is 18.6 Å². The summed E-state index contributed by atoms with van der Waals surface area (Å²) in [5, 5.41) is 4.34. The van der Waals surface area contributed by atoms with Crippen LogP contribution in [-0.2, 0) is 11.3 Å². The van der Waals surface area contributed by atoms with Gasteiger partial charge in [-0.3, -0.25) is 9.38 Å². The maximum absolute atomic E-state index is 14.8. The zero-order chi connectivity index (χ0) is 22.9. The molecule has 33 heavy (non-hydrogen) atoms. The SMILES string of the molecule is COC(=O)c1ccc(-c2cc(F)c3ncc(CNc4ccnc5ccccc45)n3c2)cc1F. The minimum Gasteiger partial charge on any atom is -0.465 e. The Labute approximate surface area is 187 Å². The van der Waals surface area contributed by atoms with Crippen LogP contribution in [0, 0.1) is 11.6 Å². The van der Waals surface area contributed by atoms with E-state index in [0.717, 1.165) is 22.3 Å². The van der Waals surface area contributed by atoms with Crippen molar-refractivity contribution in [3.63, 3.8) is 0 Å². The smallest absolute Gasteiger partial charge is 0.340 e. The molecule has 0 spiro atoms. The minimum atomic E-state index is -0.771. The molecular formula is C25H18F2N4O2. The maximum Gasteiger partial charge on any atom is 0.340 e. The molecule has 1 N–H and O–H groups in total. The number of ether oxygens (including phenoxy) is 1. The number of hydrogen-bond acceptors (Lipinski definition) is 5. The number of anilines is 1. The first-order chi connectivity index (χ1) is 16.0. The van der Waals surface area contributed by atoms with Crippen molar-refractivity contribution >= 4 is 28.2 Å². The lowest BCUT2D eigenvalue weighted by atomic mass is 10.0. The molecular weight excluding hydrogens is 426 g/mol. The van der Waals surface area contributed by atoms with Crippen molar-refractivity contribution in [3.05, 3.63) is 96.1 Å². The van der Waals surface area contributed by atoms with Gasteiger partial charge < -0.3 is 10.1 Å². The lowest BCUT2D eigenvalue weighted by molar-refractivity contribution is 0.0595. The second kappa shape index (κ2) is 8.31. The van der Waals surface area contributed by atoms with Crippen molar-refractivity contribution < 1.29 is 18.3 Å². The number of halogens is 2. The van der Waals surface area contributed by atoms with Crippen molar-refractivity contribution in [2.24, 2.45) is 0 Å². The molecule has 0 bridgehead atoms. The Morgan fingerprint density at radius 2 is 1.85 bits per heavy atom. The van der Waals surface area contributed by atoms with Crippen LogP contribution in [0.5, 0.6) is 0 Å². The van der Waals surface area contributed by atoms with Crippen molar-refractivity contribution in [2.45, 2.75) is 6.54 Å². The third-order valence-corrected chi connectivity index (χ3v) is 5.45. The Bertz CT molecular complexity index is 1510. The highest BCUT2D eigenvalue weighted by atomic mass is 19.1. The second-order valence-corrected chi connectivity index (χ2v) is 7.44. The van der Waals surface area contributed by atoms with E-state index < -0.39 is 17.6 Å². The molecule has 3 aromatic heterocycles. The maximum atomic E-state index is 14.8. The first kappa shape index (κ1) is 20.6. The number of nitrogens with one attached hydrogen (secondary N) is 1. The Hall–Kier alpha value is -4.33. The van der Waals surface area contributed by atoms with Gasteiger partial charge in [0.15, 0.2) is 11.5 Å². The number of pyridine rings is 2. The summed E-state index contributed by atoms with van der Waals surface area (Å²) in [4.78, 5) is 20.2. The van der Waals surface area contributed by atoms with Gasteiger partial charge in [0.05, 0.1) is 36.6 Å². The van der Waals surface area contributed by atoms with E-state index in [-0.39, 0.29) is 11.2 Å². The van der Waals surface area contributed by atoms with E-state index in [1.165, 1.54) is 25.3 Å². The van der Waals surface area contributed by atoms with E-state index in [0.29, 0.717) is 17.7 Å². The summed E-state index contributed by atoms with van der Waals surface area (Å²) in [5.74, 6) is -2.05. The second-order valence-electron chi connectivity index (χ2n) is 7.44. The number of benzene rings is 2. The van der Waals surface area contributed by atoms with Crippen LogP contribution in [0.25, 0.3) is 27.7 Å². The van der Waals surface area contributed by atoms with Gasteiger partial charge in [0.25, 0.3) is 0 Å². The first-order valence-corrected chi connectivity index (χ1v) is 10.2. The lowest BCUT2D eigenvalue weighted by Crippen LogP contribution is -2.05. The third-order valence-electron chi connectivity index (χ3n) is 5.45. The Morgan fingerprint density at radius 3 is 2.67 bits per heavy atom. The predicted octanol–water partition coefficient (Wildman–Crippen LogP) is 5.23. The van der Waals surface area contributed by atoms with Gasteiger partial charge >= 0.3 is 5.97 Å². The number of imidazole rings is 1. The van der Waals surface area contributed by atoms with E-state index >= 15 is 0 Å². The van der Waals surface area contributed by atoms with Gasteiger partial charge in [-0.15, -0.1) is 0 Å². The molecule has 0 saturated carbocycles. The molecule has 5 aromatic rings. The standard InChI is InChI=1S/C25H18F2N4O2/c1-33-25(32)18-7-6-15(10-20(18)26)16-11-21(27)24-30-13-17(31(24)14-16)12-29-23-8-9-28-22-5-3-2-4-19(22)23/h2-11,13-14H,12H2,1H3,(H,28,29). The average Bonchev–Trinajstić information content (AvgIpc) is 3.25. The van der Waals surface area contributed by atoms with E-state index in [1.807, 2.05) is 30.3 Å². The summed E-state index contributed by atoms with van der Waals surface area (Å²) in [5.41, 5.74) is 3.34. The van der Waals surface area contributed by atoms with Crippen LogP contribution in [0.2, 0.25) is 0 Å². The molecule has 0 aliphatic carbocycles. The summed E-state index contributed by atoms with van der Waals surface area (Å²) in [7, 11) is 1.18. The predicted molar refractivity (Wildman–Crippen MR) is 121 cm³/mol. The molecule has 3 heterocycles. The number of para-hydroxylation sites is 1. The molecule has 0 fully saturated rings. The average molecular weight is 444 g/mol. The van der Waals surface area contributed by atoms with E-state index in [2.05, 4.69) is 20.0 Å². The fourth-order valence-electron chi connectivity index (χ4n) is 3.79. The number of fused-ring (bicyclic) bond motifs is 2. The fourth-order valence-corrected chi connectivity index (χ4v) is 3.79. The molecule has 8 heteroatoms. The van der Waals surface area contributed by atoms with Crippen LogP contribution in [0.4, 0.5) is 14.5 Å². The monoisotopic (exact) mass is 444 g/mol. The van der Waals surface area contributed by atoms with Gasteiger partial charge in [-0.05, 0) is 35.9 Å². The van der Waals surface area contributed by atoms with Gasteiger partial charge in [-0.2, -0.15) is 0 Å². The van der Waals surface area contributed by atoms with Crippen LogP contribution in [0.1, 0.15) is 16.1 Å². The number of aromatic nitrogens is 3. The summed E-state index contributed by atoms with van der Waals surface area (Å²) in [6.45, 7) is 0.383. The summed E-state index contributed by atoms with van der Waals surface area (Å²) in [6, 6.07) is 15.0. The largest absolute Gasteiger partial charge is 0.465 e. The van der Waals surface area contributed by atoms with Crippen LogP contribution in [0.15, 0.2) is 73.2 Å². The van der Waals surface area contributed by atoms with Crippen molar-refractivity contribution in [2.75, 3.05) is 12.4 Å². The number of hydrogen-bond donors (Lipinski definition) is 1. The van der Waals surface area contributed by atoms with Gasteiger partial charge in [-0.1, -0.05) is 24.3 Å². The summed E-state index contributed by atoms with van der Waals surface area (Å²) < 4.78 is 35.4. The quantitative estimate of drug-likeness (QED) is 0.376. The van der Waals surface area contributed by atoms with Crippen molar-refractivity contribution in [1.29, 1.82) is 0 Å². The minimum absolute atomic E-state index is 0.168. The highest BCUT2D eigenvalue weighted by Gasteiger charge is 2.15. The Kier molecular flexibility index (Phi) is 5.18. The highest BCUT2D eigenvalue weighted by molar-refractivity contribution is 5.91. The summed E-state index contributed by atoms with van der Waals surface area (Å²) >= 11 is 0. The van der Waals surface area contributed by atoms with Crippen LogP contribution < -0.4 is 5.32 Å². The molecule has 0 radical (unpaired) electrons. The van der Waals surface area contributed by atoms with Crippen LogP contribution in [-0.4, -0.2) is 27.4 Å². The number of rotatable bonds is 5. The van der Waals surface area contributed by atoms with E-state index in [9.17, 15) is 13.6 Å².